The number of unbranched alkanes of at least 4 members (excludes halogenated alkanes) is 1. The van der Waals surface area contributed by atoms with Crippen molar-refractivity contribution in [1.82, 2.24) is 4.57 Å². The maximum Gasteiger partial charge on any atom is 0.320 e. The van der Waals surface area contributed by atoms with Crippen molar-refractivity contribution in [3.63, 3.8) is 0 Å². The largest absolute Gasteiger partial charge is 0.480 e. The number of aliphatic carboxylic acids is 1. The molecule has 0 aliphatic rings. The van der Waals surface area contributed by atoms with Gasteiger partial charge in [-0.2, -0.15) is 0 Å². The van der Waals surface area contributed by atoms with Gasteiger partial charge < -0.3 is 10.8 Å². The summed E-state index contributed by atoms with van der Waals surface area (Å²) >= 11 is 0. The van der Waals surface area contributed by atoms with E-state index in [0.717, 1.165) is 29.3 Å². The van der Waals surface area contributed by atoms with Crippen molar-refractivity contribution < 1.29 is 14.7 Å². The zero-order chi connectivity index (χ0) is 15.4. The number of para-hydroxylation sites is 1. The minimum atomic E-state index is -1.04. The zero-order valence-electron chi connectivity index (χ0n) is 12.1. The third-order valence-electron chi connectivity index (χ3n) is 3.56. The molecule has 0 spiro atoms. The number of fused-ring (bicyclic) bond motifs is 1. The number of carboxylic acid groups (broad SMARTS) is 1. The predicted octanol–water partition coefficient (Wildman–Crippen LogP) is 2.43. The standard InChI is InChI=1S/C16H20N2O3/c1-2-3-8-15(19)18-10-11(9-13(17)16(20)21)12-6-4-5-7-14(12)18/h4-7,10,13H,2-3,8-9,17H2,1H3,(H,20,21). The predicted molar refractivity (Wildman–Crippen MR) is 81.4 cm³/mol. The van der Waals surface area contributed by atoms with E-state index in [2.05, 4.69) is 0 Å². The first-order valence-corrected chi connectivity index (χ1v) is 7.15. The molecule has 2 aromatic rings. The van der Waals surface area contributed by atoms with E-state index >= 15 is 0 Å². The smallest absolute Gasteiger partial charge is 0.320 e. The van der Waals surface area contributed by atoms with Gasteiger partial charge in [-0.25, -0.2) is 0 Å². The molecule has 2 rings (SSSR count). The number of benzene rings is 1. The Bertz CT molecular complexity index is 661. The van der Waals surface area contributed by atoms with Crippen LogP contribution in [0.1, 0.15) is 36.5 Å². The van der Waals surface area contributed by atoms with Crippen molar-refractivity contribution in [2.45, 2.75) is 38.6 Å². The fourth-order valence-electron chi connectivity index (χ4n) is 2.39. The maximum atomic E-state index is 12.3. The summed E-state index contributed by atoms with van der Waals surface area (Å²) in [6.07, 6.45) is 4.23. The second-order valence-electron chi connectivity index (χ2n) is 5.19. The quantitative estimate of drug-likeness (QED) is 0.854. The van der Waals surface area contributed by atoms with Crippen molar-refractivity contribution in [2.75, 3.05) is 0 Å². The fraction of sp³-hybridized carbons (Fsp3) is 0.375. The van der Waals surface area contributed by atoms with Gasteiger partial charge in [0.25, 0.3) is 0 Å². The van der Waals surface area contributed by atoms with Gasteiger partial charge in [0.1, 0.15) is 6.04 Å². The summed E-state index contributed by atoms with van der Waals surface area (Å²) in [4.78, 5) is 23.2. The highest BCUT2D eigenvalue weighted by atomic mass is 16.4. The van der Waals surface area contributed by atoms with Crippen LogP contribution in [0.25, 0.3) is 10.9 Å². The fourth-order valence-corrected chi connectivity index (χ4v) is 2.39. The van der Waals surface area contributed by atoms with E-state index in [1.54, 1.807) is 10.8 Å². The monoisotopic (exact) mass is 288 g/mol. The summed E-state index contributed by atoms with van der Waals surface area (Å²) in [6.45, 7) is 2.04. The van der Waals surface area contributed by atoms with E-state index < -0.39 is 12.0 Å². The Morgan fingerprint density at radius 1 is 1.33 bits per heavy atom. The highest BCUT2D eigenvalue weighted by Crippen LogP contribution is 2.23. The van der Waals surface area contributed by atoms with Crippen molar-refractivity contribution in [3.8, 4) is 0 Å². The Kier molecular flexibility index (Phi) is 4.75. The number of aromatic nitrogens is 1. The van der Waals surface area contributed by atoms with Crippen LogP contribution in [-0.2, 0) is 11.2 Å². The molecule has 0 aliphatic heterocycles. The van der Waals surface area contributed by atoms with Crippen LogP contribution in [-0.4, -0.2) is 27.6 Å². The number of nitrogens with zero attached hydrogens (tertiary/aromatic N) is 1. The normalized spacial score (nSPS) is 12.5. The molecular formula is C16H20N2O3. The lowest BCUT2D eigenvalue weighted by Gasteiger charge is -2.04. The third kappa shape index (κ3) is 3.31. The number of rotatable bonds is 6. The van der Waals surface area contributed by atoms with Crippen LogP contribution in [0.3, 0.4) is 0 Å². The summed E-state index contributed by atoms with van der Waals surface area (Å²) in [7, 11) is 0. The van der Waals surface area contributed by atoms with Crippen LogP contribution in [0.2, 0.25) is 0 Å². The van der Waals surface area contributed by atoms with Crippen LogP contribution in [0, 0.1) is 0 Å². The molecule has 5 nitrogen and oxygen atoms in total. The van der Waals surface area contributed by atoms with Crippen molar-refractivity contribution in [3.05, 3.63) is 36.0 Å². The molecule has 1 aromatic carbocycles. The van der Waals surface area contributed by atoms with E-state index in [1.165, 1.54) is 0 Å². The Labute approximate surface area is 123 Å². The molecule has 0 saturated heterocycles. The Balaban J connectivity index is 2.39. The Hall–Kier alpha value is -2.14. The average molecular weight is 288 g/mol. The number of hydrogen-bond donors (Lipinski definition) is 2. The summed E-state index contributed by atoms with van der Waals surface area (Å²) < 4.78 is 1.62. The minimum absolute atomic E-state index is 0.0307. The summed E-state index contributed by atoms with van der Waals surface area (Å²) in [5, 5.41) is 9.84. The first-order valence-electron chi connectivity index (χ1n) is 7.15. The minimum Gasteiger partial charge on any atom is -0.480 e. The van der Waals surface area contributed by atoms with Gasteiger partial charge in [0, 0.05) is 24.4 Å². The topological polar surface area (TPSA) is 85.3 Å². The molecule has 1 heterocycles. The lowest BCUT2D eigenvalue weighted by Crippen LogP contribution is -2.32. The first kappa shape index (κ1) is 15.3. The highest BCUT2D eigenvalue weighted by molar-refractivity contribution is 5.94. The summed E-state index contributed by atoms with van der Waals surface area (Å²) in [5.41, 5.74) is 7.22. The lowest BCUT2D eigenvalue weighted by atomic mass is 10.1. The van der Waals surface area contributed by atoms with Gasteiger partial charge >= 0.3 is 5.97 Å². The van der Waals surface area contributed by atoms with Gasteiger partial charge in [0.05, 0.1) is 5.52 Å². The van der Waals surface area contributed by atoms with E-state index in [4.69, 9.17) is 10.8 Å². The number of hydrogen-bond acceptors (Lipinski definition) is 3. The van der Waals surface area contributed by atoms with Gasteiger partial charge in [-0.1, -0.05) is 31.5 Å². The van der Waals surface area contributed by atoms with Crippen LogP contribution >= 0.6 is 0 Å². The second kappa shape index (κ2) is 6.54. The Morgan fingerprint density at radius 2 is 2.05 bits per heavy atom. The number of carbonyl (C=O) groups is 2. The van der Waals surface area contributed by atoms with Crippen molar-refractivity contribution in [1.29, 1.82) is 0 Å². The summed E-state index contributed by atoms with van der Waals surface area (Å²) in [6, 6.07) is 6.54. The second-order valence-corrected chi connectivity index (χ2v) is 5.19. The number of nitrogens with two attached hydrogens (primary N) is 1. The zero-order valence-corrected chi connectivity index (χ0v) is 12.1. The molecule has 0 bridgehead atoms. The molecule has 0 fully saturated rings. The molecule has 1 unspecified atom stereocenters. The number of carboxylic acids is 1. The van der Waals surface area contributed by atoms with Crippen LogP contribution < -0.4 is 5.73 Å². The van der Waals surface area contributed by atoms with Crippen LogP contribution in [0.15, 0.2) is 30.5 Å². The molecule has 5 heteroatoms. The molecule has 21 heavy (non-hydrogen) atoms. The van der Waals surface area contributed by atoms with Crippen molar-refractivity contribution >= 4 is 22.8 Å². The van der Waals surface area contributed by atoms with Crippen LogP contribution in [0.5, 0.6) is 0 Å². The highest BCUT2D eigenvalue weighted by Gasteiger charge is 2.18. The Morgan fingerprint density at radius 3 is 2.71 bits per heavy atom. The molecule has 0 amide bonds. The van der Waals surface area contributed by atoms with Gasteiger partial charge in [-0.15, -0.1) is 0 Å². The molecular weight excluding hydrogens is 268 g/mol. The molecule has 1 atom stereocenters. The average Bonchev–Trinajstić information content (AvgIpc) is 2.84. The van der Waals surface area contributed by atoms with E-state index in [9.17, 15) is 9.59 Å². The molecule has 0 radical (unpaired) electrons. The lowest BCUT2D eigenvalue weighted by molar-refractivity contribution is -0.138. The molecule has 0 saturated carbocycles. The maximum absolute atomic E-state index is 12.3. The SMILES string of the molecule is CCCCC(=O)n1cc(CC(N)C(=O)O)c2ccccc21. The van der Waals surface area contributed by atoms with Gasteiger partial charge in [0.2, 0.25) is 5.91 Å². The van der Waals surface area contributed by atoms with E-state index in [-0.39, 0.29) is 12.3 Å². The molecule has 0 aliphatic carbocycles. The molecule has 112 valence electrons. The van der Waals surface area contributed by atoms with E-state index in [0.29, 0.717) is 6.42 Å². The summed E-state index contributed by atoms with van der Waals surface area (Å²) in [5.74, 6) is -1.01. The first-order chi connectivity index (χ1) is 10.0. The van der Waals surface area contributed by atoms with E-state index in [1.807, 2.05) is 31.2 Å². The third-order valence-corrected chi connectivity index (χ3v) is 3.56. The van der Waals surface area contributed by atoms with Gasteiger partial charge in [0.15, 0.2) is 0 Å². The molecule has 3 N–H and O–H groups in total. The number of carbonyl (C=O) groups excluding carboxylic acids is 1. The van der Waals surface area contributed by atoms with Crippen molar-refractivity contribution in [2.24, 2.45) is 5.73 Å². The van der Waals surface area contributed by atoms with Crippen LogP contribution in [0.4, 0.5) is 0 Å². The van der Waals surface area contributed by atoms with Gasteiger partial charge in [-0.05, 0) is 18.1 Å². The van der Waals surface area contributed by atoms with Gasteiger partial charge in [-0.3, -0.25) is 14.2 Å². The molecule has 1 aromatic heterocycles.